The van der Waals surface area contributed by atoms with Crippen LogP contribution in [0.4, 0.5) is 30.2 Å². The quantitative estimate of drug-likeness (QED) is 0.699. The number of nitrogens with one attached hydrogen (secondary N) is 1. The Hall–Kier alpha value is -2.25. The highest BCUT2D eigenvalue weighted by Crippen LogP contribution is 2.38. The molecule has 4 nitrogen and oxygen atoms in total. The second-order valence-electron chi connectivity index (χ2n) is 5.77. The summed E-state index contributed by atoms with van der Waals surface area (Å²) in [7, 11) is 0. The lowest BCUT2D eigenvalue weighted by atomic mass is 10.2. The summed E-state index contributed by atoms with van der Waals surface area (Å²) in [5.41, 5.74) is 1.06. The molecule has 9 heteroatoms. The monoisotopic (exact) mass is 398 g/mol. The molecule has 0 saturated carbocycles. The van der Waals surface area contributed by atoms with Crippen molar-refractivity contribution >= 4 is 51.9 Å². The van der Waals surface area contributed by atoms with Gasteiger partial charge in [-0.15, -0.1) is 0 Å². The van der Waals surface area contributed by atoms with Crippen molar-refractivity contribution in [1.82, 2.24) is 0 Å². The lowest BCUT2D eigenvalue weighted by Crippen LogP contribution is -2.39. The van der Waals surface area contributed by atoms with Crippen LogP contribution >= 0.6 is 23.2 Å². The Labute approximate surface area is 157 Å². The largest absolute Gasteiger partial charge is 0.417 e. The zero-order valence-electron chi connectivity index (χ0n) is 13.1. The zero-order chi connectivity index (χ0) is 18.5. The van der Waals surface area contributed by atoms with E-state index in [1.54, 1.807) is 12.1 Å². The van der Waals surface area contributed by atoms with E-state index in [0.717, 1.165) is 11.8 Å². The Kier molecular flexibility index (Phi) is 4.08. The molecule has 0 radical (unpaired) electrons. The minimum Gasteiger partial charge on any atom is -0.337 e. The van der Waals surface area contributed by atoms with Crippen molar-refractivity contribution in [2.24, 2.45) is 9.98 Å². The predicted octanol–water partition coefficient (Wildman–Crippen LogP) is 5.39. The molecule has 4 rings (SSSR count). The van der Waals surface area contributed by atoms with Crippen molar-refractivity contribution in [2.45, 2.75) is 6.18 Å². The maximum atomic E-state index is 12.9. The van der Waals surface area contributed by atoms with Crippen LogP contribution in [-0.2, 0) is 6.18 Å². The van der Waals surface area contributed by atoms with Gasteiger partial charge in [-0.2, -0.15) is 13.2 Å². The van der Waals surface area contributed by atoms with Crippen LogP contribution in [0.3, 0.4) is 0 Å². The fraction of sp³-hybridized carbons (Fsp3) is 0.176. The number of anilines is 2. The highest BCUT2D eigenvalue weighted by Gasteiger charge is 2.34. The van der Waals surface area contributed by atoms with Gasteiger partial charge < -0.3 is 10.2 Å². The maximum Gasteiger partial charge on any atom is 0.417 e. The molecular weight excluding hydrogens is 388 g/mol. The Morgan fingerprint density at radius 3 is 2.62 bits per heavy atom. The number of fused-ring (bicyclic) bond motifs is 3. The third-order valence-corrected chi connectivity index (χ3v) is 4.60. The highest BCUT2D eigenvalue weighted by atomic mass is 35.5. The first-order valence-electron chi connectivity index (χ1n) is 7.67. The van der Waals surface area contributed by atoms with E-state index >= 15 is 0 Å². The van der Waals surface area contributed by atoms with Gasteiger partial charge in [0.1, 0.15) is 0 Å². The van der Waals surface area contributed by atoms with Crippen molar-refractivity contribution in [3.8, 4) is 0 Å². The van der Waals surface area contributed by atoms with E-state index in [-0.39, 0.29) is 5.02 Å². The van der Waals surface area contributed by atoms with Crippen molar-refractivity contribution in [2.75, 3.05) is 23.3 Å². The minimum atomic E-state index is -4.50. The topological polar surface area (TPSA) is 40.0 Å². The van der Waals surface area contributed by atoms with E-state index in [1.807, 2.05) is 11.0 Å². The molecule has 0 fully saturated rings. The van der Waals surface area contributed by atoms with Gasteiger partial charge >= 0.3 is 6.18 Å². The predicted molar refractivity (Wildman–Crippen MR) is 98.3 cm³/mol. The molecule has 0 bridgehead atoms. The van der Waals surface area contributed by atoms with Crippen molar-refractivity contribution in [3.05, 3.63) is 52.0 Å². The highest BCUT2D eigenvalue weighted by molar-refractivity contribution is 6.51. The molecule has 2 heterocycles. The van der Waals surface area contributed by atoms with Crippen LogP contribution in [0.15, 0.2) is 46.4 Å². The molecular formula is C17H11Cl2F3N4. The number of rotatable bonds is 1. The van der Waals surface area contributed by atoms with Gasteiger partial charge in [-0.25, -0.2) is 4.99 Å². The number of nitrogens with zero attached hydrogens (tertiary/aromatic N) is 3. The molecule has 2 aromatic carbocycles. The lowest BCUT2D eigenvalue weighted by Gasteiger charge is -2.27. The summed E-state index contributed by atoms with van der Waals surface area (Å²) >= 11 is 11.8. The summed E-state index contributed by atoms with van der Waals surface area (Å²) in [5.74, 6) is 1.07. The van der Waals surface area contributed by atoms with Gasteiger partial charge in [-0.3, -0.25) is 4.99 Å². The fourth-order valence-corrected chi connectivity index (χ4v) is 3.37. The van der Waals surface area contributed by atoms with E-state index < -0.39 is 11.7 Å². The molecule has 2 aliphatic heterocycles. The number of alkyl halides is 3. The third kappa shape index (κ3) is 3.01. The number of aliphatic imine (C=N–C) groups is 2. The van der Waals surface area contributed by atoms with Crippen molar-refractivity contribution < 1.29 is 13.2 Å². The van der Waals surface area contributed by atoms with Crippen molar-refractivity contribution in [3.63, 3.8) is 0 Å². The number of halogens is 5. The molecule has 0 amide bonds. The average molecular weight is 399 g/mol. The molecule has 2 aliphatic rings. The SMILES string of the molecule is FC(F)(F)c1ccc(NC2=Nc3cc(Cl)ccc3N3CCN=C23)cc1Cl. The zero-order valence-corrected chi connectivity index (χ0v) is 14.6. The molecule has 0 aromatic heterocycles. The van der Waals surface area contributed by atoms with Crippen LogP contribution in [0, 0.1) is 0 Å². The number of benzene rings is 2. The molecule has 0 aliphatic carbocycles. The molecule has 2 aromatic rings. The molecule has 1 N–H and O–H groups in total. The van der Waals surface area contributed by atoms with Gasteiger partial charge in [-0.1, -0.05) is 23.2 Å². The fourth-order valence-electron chi connectivity index (χ4n) is 2.91. The van der Waals surface area contributed by atoms with Crippen LogP contribution < -0.4 is 10.2 Å². The Balaban J connectivity index is 1.71. The van der Waals surface area contributed by atoms with E-state index in [4.69, 9.17) is 23.2 Å². The standard InChI is InChI=1S/C17H11Cl2F3N4/c18-9-1-4-14-13(7-9)25-15(16-23-5-6-26(14)16)24-10-2-3-11(12(19)8-10)17(20,21)22/h1-4,7-8H,5-6H2,(H,24,25). The molecule has 0 saturated heterocycles. The Bertz CT molecular complexity index is 954. The number of amidine groups is 2. The summed E-state index contributed by atoms with van der Waals surface area (Å²) in [6, 6.07) is 8.85. The smallest absolute Gasteiger partial charge is 0.337 e. The molecule has 26 heavy (non-hydrogen) atoms. The first kappa shape index (κ1) is 17.2. The van der Waals surface area contributed by atoms with E-state index in [0.29, 0.717) is 41.2 Å². The maximum absolute atomic E-state index is 12.9. The van der Waals surface area contributed by atoms with Gasteiger partial charge in [-0.05, 0) is 36.4 Å². The van der Waals surface area contributed by atoms with Crippen LogP contribution in [-0.4, -0.2) is 24.8 Å². The summed E-state index contributed by atoms with van der Waals surface area (Å²) in [6.45, 7) is 1.30. The van der Waals surface area contributed by atoms with E-state index in [2.05, 4.69) is 15.3 Å². The van der Waals surface area contributed by atoms with Gasteiger partial charge in [0.15, 0.2) is 11.7 Å². The van der Waals surface area contributed by atoms with Crippen molar-refractivity contribution in [1.29, 1.82) is 0 Å². The van der Waals surface area contributed by atoms with Crippen LogP contribution in [0.5, 0.6) is 0 Å². The number of hydrogen-bond donors (Lipinski definition) is 1. The first-order valence-corrected chi connectivity index (χ1v) is 8.43. The molecule has 0 unspecified atom stereocenters. The summed E-state index contributed by atoms with van der Waals surface area (Å²) in [5, 5.41) is 3.18. The van der Waals surface area contributed by atoms with Gasteiger partial charge in [0, 0.05) is 17.3 Å². The summed E-state index contributed by atoms with van der Waals surface area (Å²) in [4.78, 5) is 11.0. The summed E-state index contributed by atoms with van der Waals surface area (Å²) < 4.78 is 38.6. The Morgan fingerprint density at radius 1 is 1.08 bits per heavy atom. The van der Waals surface area contributed by atoms with Gasteiger partial charge in [0.2, 0.25) is 0 Å². The first-order chi connectivity index (χ1) is 12.3. The second-order valence-corrected chi connectivity index (χ2v) is 6.61. The third-order valence-electron chi connectivity index (χ3n) is 4.05. The normalized spacial score (nSPS) is 16.0. The van der Waals surface area contributed by atoms with Crippen LogP contribution in [0.1, 0.15) is 5.56 Å². The van der Waals surface area contributed by atoms with E-state index in [9.17, 15) is 13.2 Å². The average Bonchev–Trinajstić information content (AvgIpc) is 3.03. The molecule has 134 valence electrons. The number of hydrogen-bond acceptors (Lipinski definition) is 4. The summed E-state index contributed by atoms with van der Waals surface area (Å²) in [6.07, 6.45) is -4.50. The Morgan fingerprint density at radius 2 is 1.88 bits per heavy atom. The van der Waals surface area contributed by atoms with Crippen LogP contribution in [0.25, 0.3) is 0 Å². The second kappa shape index (κ2) is 6.17. The van der Waals surface area contributed by atoms with Crippen LogP contribution in [0.2, 0.25) is 10.0 Å². The lowest BCUT2D eigenvalue weighted by molar-refractivity contribution is -0.137. The van der Waals surface area contributed by atoms with Gasteiger partial charge in [0.25, 0.3) is 0 Å². The molecule has 0 spiro atoms. The minimum absolute atomic E-state index is 0.382. The van der Waals surface area contributed by atoms with E-state index in [1.165, 1.54) is 12.1 Å². The van der Waals surface area contributed by atoms with Gasteiger partial charge in [0.05, 0.1) is 28.5 Å². The molecule has 0 atom stereocenters.